The highest BCUT2D eigenvalue weighted by Crippen LogP contribution is 2.13. The van der Waals surface area contributed by atoms with Crippen LogP contribution in [0.4, 0.5) is 11.6 Å². The van der Waals surface area contributed by atoms with E-state index in [9.17, 15) is 4.79 Å². The largest absolute Gasteiger partial charge is 0.484 e. The van der Waals surface area contributed by atoms with E-state index in [0.29, 0.717) is 11.4 Å². The average molecular weight is 272 g/mol. The van der Waals surface area contributed by atoms with Gasteiger partial charge in [-0.25, -0.2) is 9.97 Å². The zero-order chi connectivity index (χ0) is 14.5. The van der Waals surface area contributed by atoms with Crippen molar-refractivity contribution in [2.24, 2.45) is 0 Å². The second kappa shape index (κ2) is 6.01. The second-order valence-corrected chi connectivity index (χ2v) is 4.38. The first-order valence-corrected chi connectivity index (χ1v) is 6.13. The zero-order valence-corrected chi connectivity index (χ0v) is 11.4. The smallest absolute Gasteiger partial charge is 0.264 e. The molecule has 6 heteroatoms. The molecule has 0 unspecified atom stereocenters. The maximum atomic E-state index is 11.7. The summed E-state index contributed by atoms with van der Waals surface area (Å²) in [5, 5.41) is 2.59. The fourth-order valence-electron chi connectivity index (χ4n) is 1.66. The highest BCUT2D eigenvalue weighted by Gasteiger charge is 2.06. The number of aryl methyl sites for hydroxylation is 2. The van der Waals surface area contributed by atoms with Crippen molar-refractivity contribution in [1.82, 2.24) is 9.97 Å². The van der Waals surface area contributed by atoms with Gasteiger partial charge in [0.1, 0.15) is 5.75 Å². The molecule has 1 aromatic heterocycles. The predicted molar refractivity (Wildman–Crippen MR) is 76.5 cm³/mol. The van der Waals surface area contributed by atoms with Crippen molar-refractivity contribution in [1.29, 1.82) is 0 Å². The molecule has 20 heavy (non-hydrogen) atoms. The maximum absolute atomic E-state index is 11.7. The summed E-state index contributed by atoms with van der Waals surface area (Å²) in [4.78, 5) is 20.0. The molecule has 0 spiro atoms. The van der Waals surface area contributed by atoms with E-state index in [4.69, 9.17) is 10.5 Å². The lowest BCUT2D eigenvalue weighted by Crippen LogP contribution is -2.21. The number of nitrogens with one attached hydrogen (secondary N) is 1. The molecule has 2 aromatic rings. The van der Waals surface area contributed by atoms with Crippen molar-refractivity contribution in [2.75, 3.05) is 17.7 Å². The molecule has 0 bridgehead atoms. The number of hydrogen-bond acceptors (Lipinski definition) is 5. The lowest BCUT2D eigenvalue weighted by atomic mass is 10.3. The van der Waals surface area contributed by atoms with Gasteiger partial charge in [-0.2, -0.15) is 0 Å². The van der Waals surface area contributed by atoms with Crippen LogP contribution < -0.4 is 15.8 Å². The molecule has 1 aromatic carbocycles. The summed E-state index contributed by atoms with van der Waals surface area (Å²) in [7, 11) is 0. The summed E-state index contributed by atoms with van der Waals surface area (Å²) in [5.74, 6) is 0.552. The first kappa shape index (κ1) is 13.8. The molecule has 104 valence electrons. The van der Waals surface area contributed by atoms with E-state index in [0.717, 1.165) is 11.4 Å². The first-order chi connectivity index (χ1) is 9.52. The van der Waals surface area contributed by atoms with E-state index >= 15 is 0 Å². The van der Waals surface area contributed by atoms with E-state index < -0.39 is 0 Å². The molecule has 3 N–H and O–H groups in total. The summed E-state index contributed by atoms with van der Waals surface area (Å²) in [6.45, 7) is 3.57. The quantitative estimate of drug-likeness (QED) is 0.827. The number of hydrogen-bond donors (Lipinski definition) is 2. The molecule has 0 fully saturated rings. The van der Waals surface area contributed by atoms with Gasteiger partial charge in [-0.3, -0.25) is 10.1 Å². The Bertz CT molecular complexity index is 591. The van der Waals surface area contributed by atoms with Gasteiger partial charge >= 0.3 is 0 Å². The van der Waals surface area contributed by atoms with Crippen LogP contribution in [0.3, 0.4) is 0 Å². The lowest BCUT2D eigenvalue weighted by molar-refractivity contribution is -0.118. The van der Waals surface area contributed by atoms with Crippen molar-refractivity contribution in [2.45, 2.75) is 13.8 Å². The molecule has 0 aliphatic heterocycles. The molecule has 6 nitrogen and oxygen atoms in total. The number of nitrogens with two attached hydrogens (primary N) is 1. The number of amides is 1. The minimum absolute atomic E-state index is 0.111. The van der Waals surface area contributed by atoms with Crippen LogP contribution in [0.25, 0.3) is 0 Å². The van der Waals surface area contributed by atoms with Crippen LogP contribution in [0.1, 0.15) is 11.4 Å². The van der Waals surface area contributed by atoms with Gasteiger partial charge in [-0.1, -0.05) is 0 Å². The highest BCUT2D eigenvalue weighted by molar-refractivity contribution is 5.90. The van der Waals surface area contributed by atoms with E-state index in [1.54, 1.807) is 24.3 Å². The Balaban J connectivity index is 1.90. The fourth-order valence-corrected chi connectivity index (χ4v) is 1.66. The summed E-state index contributed by atoms with van der Waals surface area (Å²) in [6.07, 6.45) is 0. The van der Waals surface area contributed by atoms with Crippen LogP contribution in [0, 0.1) is 13.8 Å². The topological polar surface area (TPSA) is 90.1 Å². The molecule has 0 radical (unpaired) electrons. The van der Waals surface area contributed by atoms with Crippen molar-refractivity contribution < 1.29 is 9.53 Å². The third-order valence-corrected chi connectivity index (χ3v) is 2.48. The van der Waals surface area contributed by atoms with E-state index in [-0.39, 0.29) is 18.5 Å². The van der Waals surface area contributed by atoms with Gasteiger partial charge in [0.2, 0.25) is 5.95 Å². The Morgan fingerprint density at radius 1 is 1.20 bits per heavy atom. The number of nitrogen functional groups attached to an aromatic ring is 1. The van der Waals surface area contributed by atoms with Gasteiger partial charge in [0.05, 0.1) is 0 Å². The summed E-state index contributed by atoms with van der Waals surface area (Å²) < 4.78 is 5.33. The van der Waals surface area contributed by atoms with E-state index in [1.165, 1.54) is 0 Å². The minimum Gasteiger partial charge on any atom is -0.484 e. The number of carbonyl (C=O) groups is 1. The predicted octanol–water partition coefficient (Wildman–Crippen LogP) is 1.69. The molecule has 2 rings (SSSR count). The standard InChI is InChI=1S/C14H16N4O2/c1-9-7-10(2)17-14(16-9)18-13(19)8-20-12-5-3-11(15)4-6-12/h3-7H,8,15H2,1-2H3,(H,16,17,18,19). The Hall–Kier alpha value is -2.63. The molecular formula is C14H16N4O2. The van der Waals surface area contributed by atoms with E-state index in [1.807, 2.05) is 19.9 Å². The molecule has 0 aliphatic carbocycles. The fraction of sp³-hybridized carbons (Fsp3) is 0.214. The Morgan fingerprint density at radius 3 is 2.40 bits per heavy atom. The number of carbonyl (C=O) groups excluding carboxylic acids is 1. The van der Waals surface area contributed by atoms with Gasteiger partial charge in [-0.05, 0) is 44.2 Å². The minimum atomic E-state index is -0.313. The lowest BCUT2D eigenvalue weighted by Gasteiger charge is -2.07. The maximum Gasteiger partial charge on any atom is 0.264 e. The van der Waals surface area contributed by atoms with Crippen LogP contribution in [0.2, 0.25) is 0 Å². The number of nitrogens with zero attached hydrogens (tertiary/aromatic N) is 2. The van der Waals surface area contributed by atoms with Gasteiger partial charge in [-0.15, -0.1) is 0 Å². The first-order valence-electron chi connectivity index (χ1n) is 6.13. The van der Waals surface area contributed by atoms with Gasteiger partial charge < -0.3 is 10.5 Å². The van der Waals surface area contributed by atoms with Gasteiger partial charge in [0.15, 0.2) is 6.61 Å². The van der Waals surface area contributed by atoms with Crippen molar-refractivity contribution >= 4 is 17.5 Å². The van der Waals surface area contributed by atoms with Crippen molar-refractivity contribution in [3.63, 3.8) is 0 Å². The Labute approximate surface area is 117 Å². The number of aromatic nitrogens is 2. The monoisotopic (exact) mass is 272 g/mol. The number of rotatable bonds is 4. The Morgan fingerprint density at radius 2 is 1.80 bits per heavy atom. The van der Waals surface area contributed by atoms with Crippen LogP contribution >= 0.6 is 0 Å². The molecule has 0 saturated carbocycles. The third kappa shape index (κ3) is 3.94. The van der Waals surface area contributed by atoms with E-state index in [2.05, 4.69) is 15.3 Å². The van der Waals surface area contributed by atoms with Crippen LogP contribution in [-0.2, 0) is 4.79 Å². The molecular weight excluding hydrogens is 256 g/mol. The number of ether oxygens (including phenoxy) is 1. The van der Waals surface area contributed by atoms with Gasteiger partial charge in [0, 0.05) is 17.1 Å². The number of anilines is 2. The zero-order valence-electron chi connectivity index (χ0n) is 11.4. The van der Waals surface area contributed by atoms with Gasteiger partial charge in [0.25, 0.3) is 5.91 Å². The molecule has 0 saturated heterocycles. The summed E-state index contributed by atoms with van der Waals surface area (Å²) in [6, 6.07) is 8.66. The van der Waals surface area contributed by atoms with Crippen molar-refractivity contribution in [3.8, 4) is 5.75 Å². The SMILES string of the molecule is Cc1cc(C)nc(NC(=O)COc2ccc(N)cc2)n1. The van der Waals surface area contributed by atoms with Crippen LogP contribution in [-0.4, -0.2) is 22.5 Å². The second-order valence-electron chi connectivity index (χ2n) is 4.38. The average Bonchev–Trinajstić information content (AvgIpc) is 2.37. The Kier molecular flexibility index (Phi) is 4.14. The molecule has 1 heterocycles. The van der Waals surface area contributed by atoms with Crippen LogP contribution in [0.5, 0.6) is 5.75 Å². The van der Waals surface area contributed by atoms with Crippen LogP contribution in [0.15, 0.2) is 30.3 Å². The molecule has 0 aliphatic rings. The number of benzene rings is 1. The summed E-state index contributed by atoms with van der Waals surface area (Å²) >= 11 is 0. The normalized spacial score (nSPS) is 10.1. The highest BCUT2D eigenvalue weighted by atomic mass is 16.5. The molecule has 0 atom stereocenters. The molecule has 1 amide bonds. The van der Waals surface area contributed by atoms with Crippen molar-refractivity contribution in [3.05, 3.63) is 41.7 Å². The summed E-state index contributed by atoms with van der Waals surface area (Å²) in [5.41, 5.74) is 7.80. The third-order valence-electron chi connectivity index (χ3n) is 2.48.